The molecule has 0 bridgehead atoms. The molecule has 4 rings (SSSR count). The molecule has 0 radical (unpaired) electrons. The smallest absolute Gasteiger partial charge is 0.276 e. The fourth-order valence-electron chi connectivity index (χ4n) is 4.02. The van der Waals surface area contributed by atoms with Crippen molar-refractivity contribution in [3.05, 3.63) is 101 Å². The molecule has 3 aromatic rings. The Labute approximate surface area is 212 Å². The van der Waals surface area contributed by atoms with Gasteiger partial charge in [-0.25, -0.2) is 0 Å². The summed E-state index contributed by atoms with van der Waals surface area (Å²) in [7, 11) is 1.65. The largest absolute Gasteiger partial charge is 0.496 e. The maximum Gasteiger partial charge on any atom is 0.276 e. The Kier molecular flexibility index (Phi) is 8.16. The molecule has 1 saturated heterocycles. The highest BCUT2D eigenvalue weighted by atomic mass is 32.1. The molecule has 1 N–H and O–H groups in total. The zero-order valence-electron chi connectivity index (χ0n) is 20.1. The monoisotopic (exact) mass is 486 g/mol. The lowest BCUT2D eigenvalue weighted by Gasteiger charge is -2.14. The maximum absolute atomic E-state index is 12.8. The van der Waals surface area contributed by atoms with Crippen molar-refractivity contribution in [2.24, 2.45) is 0 Å². The van der Waals surface area contributed by atoms with Crippen molar-refractivity contribution < 1.29 is 14.3 Å². The lowest BCUT2D eigenvalue weighted by molar-refractivity contribution is -0.122. The maximum atomic E-state index is 12.8. The fourth-order valence-corrected chi connectivity index (χ4v) is 4.30. The van der Waals surface area contributed by atoms with E-state index in [0.29, 0.717) is 24.0 Å². The van der Waals surface area contributed by atoms with E-state index in [0.717, 1.165) is 47.5 Å². The van der Waals surface area contributed by atoms with Crippen LogP contribution in [0.4, 0.5) is 0 Å². The number of methoxy groups -OCH3 is 1. The number of unbranched alkanes of at least 4 members (excludes halogenated alkanes) is 1. The Bertz CT molecular complexity index is 1220. The van der Waals surface area contributed by atoms with Crippen LogP contribution in [0.2, 0.25) is 0 Å². The predicted molar refractivity (Wildman–Crippen MR) is 143 cm³/mol. The summed E-state index contributed by atoms with van der Waals surface area (Å²) in [4.78, 5) is 14.4. The SMILES string of the molecule is CCCCN1C(=O)/C(=C\c2ccc(OC)c(COc3ccccc3Cc3ccccc3)c2)NC1=S. The number of ether oxygens (including phenoxy) is 2. The van der Waals surface area contributed by atoms with Crippen LogP contribution in [0.5, 0.6) is 11.5 Å². The molecule has 1 fully saturated rings. The van der Waals surface area contributed by atoms with E-state index in [2.05, 4.69) is 30.4 Å². The Hall–Kier alpha value is -3.64. The minimum atomic E-state index is -0.0908. The number of carbonyl (C=O) groups is 1. The van der Waals surface area contributed by atoms with E-state index in [1.165, 1.54) is 5.56 Å². The fraction of sp³-hybridized carbons (Fsp3) is 0.241. The first kappa shape index (κ1) is 24.5. The number of benzene rings is 3. The van der Waals surface area contributed by atoms with Gasteiger partial charge in [-0.2, -0.15) is 0 Å². The van der Waals surface area contributed by atoms with E-state index in [4.69, 9.17) is 21.7 Å². The number of hydrogen-bond donors (Lipinski definition) is 1. The molecule has 1 aliphatic heterocycles. The number of carbonyl (C=O) groups excluding carboxylic acids is 1. The van der Waals surface area contributed by atoms with Gasteiger partial charge in [-0.15, -0.1) is 0 Å². The summed E-state index contributed by atoms with van der Waals surface area (Å²) >= 11 is 5.36. The highest BCUT2D eigenvalue weighted by Crippen LogP contribution is 2.27. The second-order valence-corrected chi connectivity index (χ2v) is 8.82. The summed E-state index contributed by atoms with van der Waals surface area (Å²) in [5.74, 6) is 1.48. The van der Waals surface area contributed by atoms with Gasteiger partial charge >= 0.3 is 0 Å². The topological polar surface area (TPSA) is 50.8 Å². The molecule has 1 heterocycles. The van der Waals surface area contributed by atoms with Crippen molar-refractivity contribution in [3.8, 4) is 11.5 Å². The average Bonchev–Trinajstić information content (AvgIpc) is 3.14. The van der Waals surface area contributed by atoms with Gasteiger partial charge in [-0.05, 0) is 59.6 Å². The molecule has 0 saturated carbocycles. The van der Waals surface area contributed by atoms with Gasteiger partial charge in [0.25, 0.3) is 5.91 Å². The van der Waals surface area contributed by atoms with Gasteiger partial charge in [-0.1, -0.05) is 67.9 Å². The summed E-state index contributed by atoms with van der Waals surface area (Å²) in [6.45, 7) is 3.06. The first-order chi connectivity index (χ1) is 17.1. The van der Waals surface area contributed by atoms with Gasteiger partial charge in [0.05, 0.1) is 7.11 Å². The highest BCUT2D eigenvalue weighted by Gasteiger charge is 2.29. The van der Waals surface area contributed by atoms with Crippen LogP contribution in [0.15, 0.2) is 78.5 Å². The molecule has 35 heavy (non-hydrogen) atoms. The molecular formula is C29H30N2O3S. The number of amides is 1. The number of thiocarbonyl (C=S) groups is 1. The van der Waals surface area contributed by atoms with Crippen LogP contribution in [-0.4, -0.2) is 29.6 Å². The molecule has 0 unspecified atom stereocenters. The third-order valence-corrected chi connectivity index (χ3v) is 6.23. The van der Waals surface area contributed by atoms with Crippen LogP contribution in [0.1, 0.15) is 42.0 Å². The average molecular weight is 487 g/mol. The summed E-state index contributed by atoms with van der Waals surface area (Å²) in [6, 6.07) is 24.2. The van der Waals surface area contributed by atoms with Crippen molar-refractivity contribution in [1.29, 1.82) is 0 Å². The van der Waals surface area contributed by atoms with Crippen LogP contribution in [-0.2, 0) is 17.8 Å². The third-order valence-electron chi connectivity index (χ3n) is 5.91. The van der Waals surface area contributed by atoms with Crippen LogP contribution in [0, 0.1) is 0 Å². The van der Waals surface area contributed by atoms with Crippen molar-refractivity contribution in [1.82, 2.24) is 10.2 Å². The lowest BCUT2D eigenvalue weighted by atomic mass is 10.0. The van der Waals surface area contributed by atoms with Gasteiger partial charge in [0, 0.05) is 18.5 Å². The van der Waals surface area contributed by atoms with Crippen LogP contribution < -0.4 is 14.8 Å². The molecule has 6 heteroatoms. The first-order valence-electron chi connectivity index (χ1n) is 11.8. The summed E-state index contributed by atoms with van der Waals surface area (Å²) in [5.41, 5.74) is 4.60. The lowest BCUT2D eigenvalue weighted by Crippen LogP contribution is -2.31. The minimum absolute atomic E-state index is 0.0908. The zero-order valence-corrected chi connectivity index (χ0v) is 20.9. The summed E-state index contributed by atoms with van der Waals surface area (Å²) in [5, 5.41) is 3.51. The first-order valence-corrected chi connectivity index (χ1v) is 12.3. The van der Waals surface area contributed by atoms with Gasteiger partial charge < -0.3 is 14.8 Å². The Morgan fingerprint density at radius 2 is 1.74 bits per heavy atom. The number of rotatable bonds is 10. The van der Waals surface area contributed by atoms with Gasteiger partial charge in [0.2, 0.25) is 0 Å². The van der Waals surface area contributed by atoms with Crippen LogP contribution in [0.3, 0.4) is 0 Å². The second-order valence-electron chi connectivity index (χ2n) is 8.43. The molecule has 0 aliphatic carbocycles. The Morgan fingerprint density at radius 1 is 0.971 bits per heavy atom. The minimum Gasteiger partial charge on any atom is -0.496 e. The van der Waals surface area contributed by atoms with Gasteiger partial charge in [-0.3, -0.25) is 9.69 Å². The molecule has 0 atom stereocenters. The number of nitrogens with zero attached hydrogens (tertiary/aromatic N) is 1. The van der Waals surface area contributed by atoms with E-state index < -0.39 is 0 Å². The van der Waals surface area contributed by atoms with E-state index in [1.54, 1.807) is 12.0 Å². The van der Waals surface area contributed by atoms with Crippen molar-refractivity contribution >= 4 is 29.3 Å². The van der Waals surface area contributed by atoms with Crippen molar-refractivity contribution in [3.63, 3.8) is 0 Å². The number of nitrogens with one attached hydrogen (secondary N) is 1. The summed E-state index contributed by atoms with van der Waals surface area (Å²) in [6.07, 6.45) is 4.54. The van der Waals surface area contributed by atoms with Crippen molar-refractivity contribution in [2.75, 3.05) is 13.7 Å². The molecule has 5 nitrogen and oxygen atoms in total. The molecular weight excluding hydrogens is 456 g/mol. The van der Waals surface area contributed by atoms with E-state index >= 15 is 0 Å². The standard InChI is InChI=1S/C29H30N2O3S/c1-3-4-16-31-28(32)25(30-29(31)35)19-22-14-15-26(33-2)24(18-22)20-34-27-13-9-8-12-23(27)17-21-10-6-5-7-11-21/h5-15,18-19H,3-4,16-17,20H2,1-2H3,(H,30,35)/b25-19+. The Balaban J connectivity index is 1.51. The summed E-state index contributed by atoms with van der Waals surface area (Å²) < 4.78 is 11.8. The quantitative estimate of drug-likeness (QED) is 0.293. The second kappa shape index (κ2) is 11.7. The molecule has 0 spiro atoms. The Morgan fingerprint density at radius 3 is 2.51 bits per heavy atom. The third kappa shape index (κ3) is 6.08. The van der Waals surface area contributed by atoms with E-state index in [-0.39, 0.29) is 5.91 Å². The predicted octanol–water partition coefficient (Wildman–Crippen LogP) is 5.72. The van der Waals surface area contributed by atoms with Crippen molar-refractivity contribution in [2.45, 2.75) is 32.8 Å². The van der Waals surface area contributed by atoms with Crippen LogP contribution in [0.25, 0.3) is 6.08 Å². The normalized spacial score (nSPS) is 14.3. The highest BCUT2D eigenvalue weighted by molar-refractivity contribution is 7.80. The molecule has 0 aromatic heterocycles. The van der Waals surface area contributed by atoms with E-state index in [1.807, 2.05) is 60.7 Å². The number of para-hydroxylation sites is 1. The zero-order chi connectivity index (χ0) is 24.6. The molecule has 180 valence electrons. The van der Waals surface area contributed by atoms with Gasteiger partial charge in [0.1, 0.15) is 23.8 Å². The molecule has 3 aromatic carbocycles. The van der Waals surface area contributed by atoms with E-state index in [9.17, 15) is 4.79 Å². The van der Waals surface area contributed by atoms with Crippen LogP contribution >= 0.6 is 12.2 Å². The number of hydrogen-bond acceptors (Lipinski definition) is 4. The molecule has 1 aliphatic rings. The molecule has 1 amide bonds. The van der Waals surface area contributed by atoms with Gasteiger partial charge in [0.15, 0.2) is 5.11 Å².